The minimum atomic E-state index is -2.53. The zero-order valence-electron chi connectivity index (χ0n) is 7.36. The predicted molar refractivity (Wildman–Crippen MR) is 55.1 cm³/mol. The molecule has 0 bridgehead atoms. The van der Waals surface area contributed by atoms with Crippen molar-refractivity contribution in [2.75, 3.05) is 0 Å². The molecule has 0 aliphatic heterocycles. The molecule has 1 rings (SSSR count). The molecule has 0 amide bonds. The van der Waals surface area contributed by atoms with Crippen LogP contribution in [0.15, 0.2) is 42.2 Å². The van der Waals surface area contributed by atoms with Gasteiger partial charge in [-0.1, -0.05) is 36.9 Å². The van der Waals surface area contributed by atoms with Crippen LogP contribution in [-0.4, -0.2) is 4.89 Å². The fourth-order valence-electron chi connectivity index (χ4n) is 1.05. The van der Waals surface area contributed by atoms with Crippen molar-refractivity contribution in [3.8, 4) is 0 Å². The fourth-order valence-corrected chi connectivity index (χ4v) is 1.39. The van der Waals surface area contributed by atoms with Gasteiger partial charge in [-0.3, -0.25) is 4.57 Å². The van der Waals surface area contributed by atoms with E-state index in [1.165, 1.54) is 5.56 Å². The normalized spacial score (nSPS) is 12.4. The molecule has 0 heterocycles. The second-order valence-electron chi connectivity index (χ2n) is 2.89. The molecule has 0 spiro atoms. The van der Waals surface area contributed by atoms with E-state index >= 15 is 0 Å². The van der Waals surface area contributed by atoms with Crippen molar-refractivity contribution in [1.29, 1.82) is 0 Å². The van der Waals surface area contributed by atoms with E-state index in [0.717, 1.165) is 6.42 Å². The summed E-state index contributed by atoms with van der Waals surface area (Å²) in [6, 6.07) is 9.87. The predicted octanol–water partition coefficient (Wildman–Crippen LogP) is 2.60. The van der Waals surface area contributed by atoms with Gasteiger partial charge in [0.1, 0.15) is 0 Å². The Hall–Kier alpha value is -0.850. The number of allylic oxidation sites excluding steroid dienone is 1. The van der Waals surface area contributed by atoms with Gasteiger partial charge in [0.25, 0.3) is 0 Å². The van der Waals surface area contributed by atoms with Gasteiger partial charge in [0.05, 0.1) is 0 Å². The standard InChI is InChI=1S/C10H13O2P/c1-9(13(11)12)7-8-10-5-3-2-4-6-10/h2-6,13H,1,7-8H2,(H,11,12). The molecule has 1 unspecified atom stereocenters. The van der Waals surface area contributed by atoms with E-state index in [9.17, 15) is 4.57 Å². The van der Waals surface area contributed by atoms with Gasteiger partial charge in [-0.25, -0.2) is 0 Å². The van der Waals surface area contributed by atoms with Crippen LogP contribution in [0, 0.1) is 0 Å². The maximum Gasteiger partial charge on any atom is 0.213 e. The number of rotatable bonds is 4. The molecule has 0 radical (unpaired) electrons. The summed E-state index contributed by atoms with van der Waals surface area (Å²) in [5.74, 6) is 0. The molecular weight excluding hydrogens is 183 g/mol. The summed E-state index contributed by atoms with van der Waals surface area (Å²) in [5, 5.41) is 0.453. The Morgan fingerprint density at radius 1 is 1.38 bits per heavy atom. The third-order valence-electron chi connectivity index (χ3n) is 1.86. The van der Waals surface area contributed by atoms with Crippen LogP contribution in [0.3, 0.4) is 0 Å². The van der Waals surface area contributed by atoms with E-state index in [1.54, 1.807) is 0 Å². The third-order valence-corrected chi connectivity index (χ3v) is 2.72. The minimum absolute atomic E-state index is 0.453. The van der Waals surface area contributed by atoms with Crippen LogP contribution in [0.25, 0.3) is 0 Å². The number of hydrogen-bond donors (Lipinski definition) is 1. The van der Waals surface area contributed by atoms with Crippen LogP contribution in [0.5, 0.6) is 0 Å². The highest BCUT2D eigenvalue weighted by Crippen LogP contribution is 2.28. The molecule has 0 aromatic heterocycles. The van der Waals surface area contributed by atoms with Crippen molar-refractivity contribution in [2.24, 2.45) is 0 Å². The Morgan fingerprint density at radius 2 is 2.00 bits per heavy atom. The quantitative estimate of drug-likeness (QED) is 0.751. The lowest BCUT2D eigenvalue weighted by Gasteiger charge is -2.01. The van der Waals surface area contributed by atoms with E-state index in [1.807, 2.05) is 30.3 Å². The highest BCUT2D eigenvalue weighted by molar-refractivity contribution is 7.43. The lowest BCUT2D eigenvalue weighted by Crippen LogP contribution is -1.84. The van der Waals surface area contributed by atoms with Gasteiger partial charge in [-0.2, -0.15) is 0 Å². The first-order valence-electron chi connectivity index (χ1n) is 4.15. The Morgan fingerprint density at radius 3 is 2.54 bits per heavy atom. The first-order valence-corrected chi connectivity index (χ1v) is 5.50. The maximum atomic E-state index is 10.6. The zero-order valence-corrected chi connectivity index (χ0v) is 8.36. The molecule has 0 fully saturated rings. The summed E-state index contributed by atoms with van der Waals surface area (Å²) in [6.45, 7) is 3.55. The van der Waals surface area contributed by atoms with Gasteiger partial charge in [0.15, 0.2) is 0 Å². The molecule has 0 aliphatic rings. The van der Waals surface area contributed by atoms with Gasteiger partial charge in [-0.15, -0.1) is 0 Å². The van der Waals surface area contributed by atoms with Gasteiger partial charge in [0.2, 0.25) is 8.03 Å². The largest absolute Gasteiger partial charge is 0.343 e. The molecule has 0 aliphatic carbocycles. The van der Waals surface area contributed by atoms with Crippen molar-refractivity contribution in [3.63, 3.8) is 0 Å². The molecule has 1 atom stereocenters. The fraction of sp³-hybridized carbons (Fsp3) is 0.200. The second-order valence-corrected chi connectivity index (χ2v) is 4.21. The molecule has 1 aromatic carbocycles. The minimum Gasteiger partial charge on any atom is -0.343 e. The lowest BCUT2D eigenvalue weighted by molar-refractivity contribution is 0.508. The summed E-state index contributed by atoms with van der Waals surface area (Å²) >= 11 is 0. The molecule has 13 heavy (non-hydrogen) atoms. The van der Waals surface area contributed by atoms with Gasteiger partial charge in [0, 0.05) is 5.31 Å². The van der Waals surface area contributed by atoms with Crippen LogP contribution in [0.2, 0.25) is 0 Å². The first-order chi connectivity index (χ1) is 6.20. The lowest BCUT2D eigenvalue weighted by atomic mass is 10.1. The SMILES string of the molecule is C=C(CCc1ccccc1)[PH](=O)O. The smallest absolute Gasteiger partial charge is 0.213 e. The third kappa shape index (κ3) is 3.58. The van der Waals surface area contributed by atoms with Crippen molar-refractivity contribution >= 4 is 8.03 Å². The first kappa shape index (κ1) is 10.2. The summed E-state index contributed by atoms with van der Waals surface area (Å²) in [5.41, 5.74) is 1.17. The highest BCUT2D eigenvalue weighted by Gasteiger charge is 2.00. The Balaban J connectivity index is 2.44. The van der Waals surface area contributed by atoms with Gasteiger partial charge < -0.3 is 4.89 Å². The van der Waals surface area contributed by atoms with Crippen molar-refractivity contribution in [1.82, 2.24) is 0 Å². The molecule has 2 nitrogen and oxygen atoms in total. The summed E-state index contributed by atoms with van der Waals surface area (Å²) < 4.78 is 10.6. The molecule has 1 N–H and O–H groups in total. The van der Waals surface area contributed by atoms with Crippen molar-refractivity contribution in [3.05, 3.63) is 47.8 Å². The van der Waals surface area contributed by atoms with Crippen LogP contribution >= 0.6 is 8.03 Å². The average molecular weight is 196 g/mol. The number of benzene rings is 1. The van der Waals surface area contributed by atoms with Gasteiger partial charge >= 0.3 is 0 Å². The Bertz CT molecular complexity index is 306. The molecule has 70 valence electrons. The van der Waals surface area contributed by atoms with E-state index in [0.29, 0.717) is 11.7 Å². The topological polar surface area (TPSA) is 37.3 Å². The summed E-state index contributed by atoms with van der Waals surface area (Å²) in [6.07, 6.45) is 1.38. The molecule has 0 saturated carbocycles. The van der Waals surface area contributed by atoms with Crippen LogP contribution in [0.4, 0.5) is 0 Å². The van der Waals surface area contributed by atoms with Crippen LogP contribution in [-0.2, 0) is 11.0 Å². The molecule has 3 heteroatoms. The Labute approximate surface area is 78.8 Å². The molecule has 1 aromatic rings. The zero-order chi connectivity index (χ0) is 9.68. The second kappa shape index (κ2) is 5.00. The summed E-state index contributed by atoms with van der Waals surface area (Å²) in [4.78, 5) is 8.75. The van der Waals surface area contributed by atoms with Crippen LogP contribution in [0.1, 0.15) is 12.0 Å². The maximum absolute atomic E-state index is 10.6. The van der Waals surface area contributed by atoms with Crippen molar-refractivity contribution in [2.45, 2.75) is 12.8 Å². The van der Waals surface area contributed by atoms with E-state index in [2.05, 4.69) is 6.58 Å². The number of aryl methyl sites for hydroxylation is 1. The van der Waals surface area contributed by atoms with E-state index < -0.39 is 8.03 Å². The van der Waals surface area contributed by atoms with Crippen molar-refractivity contribution < 1.29 is 9.46 Å². The summed E-state index contributed by atoms with van der Waals surface area (Å²) in [7, 11) is -2.53. The highest BCUT2D eigenvalue weighted by atomic mass is 31.1. The number of hydrogen-bond acceptors (Lipinski definition) is 1. The van der Waals surface area contributed by atoms with E-state index in [4.69, 9.17) is 4.89 Å². The van der Waals surface area contributed by atoms with Gasteiger partial charge in [-0.05, 0) is 18.4 Å². The molecule has 0 saturated heterocycles. The average Bonchev–Trinajstić information content (AvgIpc) is 2.15. The monoisotopic (exact) mass is 196 g/mol. The van der Waals surface area contributed by atoms with Crippen LogP contribution < -0.4 is 0 Å². The van der Waals surface area contributed by atoms with E-state index in [-0.39, 0.29) is 0 Å². The molecular formula is C10H13O2P. The Kier molecular flexibility index (Phi) is 3.94.